The number of nitrogens with zero attached hydrogens (tertiary/aromatic N) is 3. The van der Waals surface area contributed by atoms with Crippen molar-refractivity contribution in [3.8, 4) is 11.5 Å². The number of carbonyl (C=O) groups is 1. The van der Waals surface area contributed by atoms with Crippen LogP contribution in [0.1, 0.15) is 5.56 Å². The van der Waals surface area contributed by atoms with Crippen molar-refractivity contribution in [3.05, 3.63) is 34.2 Å². The first-order valence-corrected chi connectivity index (χ1v) is 5.44. The van der Waals surface area contributed by atoms with Crippen molar-refractivity contribution in [3.63, 3.8) is 0 Å². The fraction of sp³-hybridized carbons (Fsp3) is 0.364. The molecule has 102 valence electrons. The molecule has 0 aliphatic heterocycles. The van der Waals surface area contributed by atoms with Gasteiger partial charge in [0.25, 0.3) is 0 Å². The molecule has 0 atom stereocenters. The van der Waals surface area contributed by atoms with E-state index in [2.05, 4.69) is 15.3 Å². The molecular formula is C11H14N4O4. The lowest BCUT2D eigenvalue weighted by molar-refractivity contribution is 0.194. The first-order chi connectivity index (χ1) is 9.17. The third-order valence-corrected chi connectivity index (χ3v) is 2.18. The van der Waals surface area contributed by atoms with Crippen LogP contribution in [-0.2, 0) is 6.54 Å². The molecule has 0 aromatic heterocycles. The van der Waals surface area contributed by atoms with E-state index in [1.165, 1.54) is 7.11 Å². The molecule has 0 aliphatic carbocycles. The number of azide groups is 1. The van der Waals surface area contributed by atoms with E-state index in [1.807, 2.05) is 0 Å². The van der Waals surface area contributed by atoms with E-state index in [0.29, 0.717) is 11.5 Å². The predicted molar refractivity (Wildman–Crippen MR) is 67.4 cm³/mol. The van der Waals surface area contributed by atoms with E-state index in [0.717, 1.165) is 5.56 Å². The Kier molecular flexibility index (Phi) is 5.84. The summed E-state index contributed by atoms with van der Waals surface area (Å²) in [6.07, 6.45) is -1.09. The minimum absolute atomic E-state index is 0.185. The van der Waals surface area contributed by atoms with Crippen molar-refractivity contribution < 1.29 is 19.4 Å². The van der Waals surface area contributed by atoms with Crippen molar-refractivity contribution in [1.29, 1.82) is 0 Å². The summed E-state index contributed by atoms with van der Waals surface area (Å²) in [5.41, 5.74) is 8.88. The van der Waals surface area contributed by atoms with Gasteiger partial charge in [0.15, 0.2) is 11.5 Å². The Morgan fingerprint density at radius 2 is 2.32 bits per heavy atom. The number of hydrogen-bond acceptors (Lipinski definition) is 4. The van der Waals surface area contributed by atoms with Crippen LogP contribution >= 0.6 is 0 Å². The van der Waals surface area contributed by atoms with Gasteiger partial charge in [-0.15, -0.1) is 0 Å². The number of hydrogen-bond donors (Lipinski definition) is 2. The lowest BCUT2D eigenvalue weighted by atomic mass is 10.2. The van der Waals surface area contributed by atoms with Gasteiger partial charge in [-0.1, -0.05) is 11.2 Å². The highest BCUT2D eigenvalue weighted by Crippen LogP contribution is 2.27. The number of amides is 1. The van der Waals surface area contributed by atoms with Gasteiger partial charge in [-0.3, -0.25) is 0 Å². The maximum absolute atomic E-state index is 10.4. The Balaban J connectivity index is 2.66. The molecule has 0 heterocycles. The van der Waals surface area contributed by atoms with Gasteiger partial charge in [0, 0.05) is 11.5 Å². The van der Waals surface area contributed by atoms with Crippen LogP contribution in [-0.4, -0.2) is 31.5 Å². The largest absolute Gasteiger partial charge is 0.493 e. The molecule has 2 N–H and O–H groups in total. The monoisotopic (exact) mass is 266 g/mol. The Bertz CT molecular complexity index is 486. The molecule has 0 spiro atoms. The van der Waals surface area contributed by atoms with E-state index < -0.39 is 6.09 Å². The van der Waals surface area contributed by atoms with Crippen molar-refractivity contribution in [2.45, 2.75) is 6.54 Å². The van der Waals surface area contributed by atoms with Crippen LogP contribution in [0, 0.1) is 0 Å². The Labute approximate surface area is 109 Å². The summed E-state index contributed by atoms with van der Waals surface area (Å²) >= 11 is 0. The molecular weight excluding hydrogens is 252 g/mol. The van der Waals surface area contributed by atoms with Gasteiger partial charge in [-0.05, 0) is 23.2 Å². The zero-order valence-corrected chi connectivity index (χ0v) is 10.4. The van der Waals surface area contributed by atoms with Crippen LogP contribution in [0.25, 0.3) is 10.4 Å². The maximum Gasteiger partial charge on any atom is 0.404 e. The van der Waals surface area contributed by atoms with Crippen LogP contribution in [0.4, 0.5) is 4.79 Å². The second kappa shape index (κ2) is 7.67. The summed E-state index contributed by atoms with van der Waals surface area (Å²) in [6.45, 7) is 0.653. The van der Waals surface area contributed by atoms with Crippen molar-refractivity contribution in [1.82, 2.24) is 5.32 Å². The average Bonchev–Trinajstić information content (AvgIpc) is 2.42. The second-order valence-electron chi connectivity index (χ2n) is 3.45. The molecule has 8 heteroatoms. The maximum atomic E-state index is 10.4. The standard InChI is InChI=1S/C11H14N4O4/c1-18-10-6-8(7-13-11(16)17)2-3-9(10)19-5-4-14-15-12/h2-3,6,13H,4-5,7H2,1H3,(H,16,17). The number of methoxy groups -OCH3 is 1. The zero-order valence-electron chi connectivity index (χ0n) is 10.4. The molecule has 0 fully saturated rings. The molecule has 0 saturated carbocycles. The number of nitrogens with one attached hydrogen (secondary N) is 1. The summed E-state index contributed by atoms with van der Waals surface area (Å²) in [5.74, 6) is 1.00. The molecule has 1 rings (SSSR count). The van der Waals surface area contributed by atoms with Gasteiger partial charge in [0.1, 0.15) is 0 Å². The highest BCUT2D eigenvalue weighted by molar-refractivity contribution is 5.64. The van der Waals surface area contributed by atoms with Gasteiger partial charge in [0.05, 0.1) is 20.3 Å². The minimum atomic E-state index is -1.09. The highest BCUT2D eigenvalue weighted by atomic mass is 16.5. The fourth-order valence-corrected chi connectivity index (χ4v) is 1.36. The second-order valence-corrected chi connectivity index (χ2v) is 3.45. The molecule has 8 nitrogen and oxygen atoms in total. The molecule has 0 radical (unpaired) electrons. The smallest absolute Gasteiger partial charge is 0.404 e. The van der Waals surface area contributed by atoms with Crippen LogP contribution in [0.5, 0.6) is 11.5 Å². The normalized spacial score (nSPS) is 9.32. The van der Waals surface area contributed by atoms with E-state index in [4.69, 9.17) is 20.1 Å². The summed E-state index contributed by atoms with van der Waals surface area (Å²) < 4.78 is 10.5. The summed E-state index contributed by atoms with van der Waals surface area (Å²) in [5, 5.41) is 14.1. The number of ether oxygens (including phenoxy) is 2. The molecule has 1 amide bonds. The molecule has 0 aliphatic rings. The average molecular weight is 266 g/mol. The Morgan fingerprint density at radius 3 is 2.95 bits per heavy atom. The molecule has 0 unspecified atom stereocenters. The lowest BCUT2D eigenvalue weighted by Gasteiger charge is -2.11. The van der Waals surface area contributed by atoms with Gasteiger partial charge in [-0.25, -0.2) is 4.79 Å². The molecule has 0 saturated heterocycles. The summed E-state index contributed by atoms with van der Waals surface area (Å²) in [7, 11) is 1.49. The first kappa shape index (κ1) is 14.5. The SMILES string of the molecule is COc1cc(CNC(=O)O)ccc1OCCN=[N+]=[N-]. The summed E-state index contributed by atoms with van der Waals surface area (Å²) in [4.78, 5) is 13.0. The van der Waals surface area contributed by atoms with Crippen molar-refractivity contribution >= 4 is 6.09 Å². The van der Waals surface area contributed by atoms with E-state index in [1.54, 1.807) is 18.2 Å². The third-order valence-electron chi connectivity index (χ3n) is 2.18. The van der Waals surface area contributed by atoms with E-state index in [-0.39, 0.29) is 19.7 Å². The number of benzene rings is 1. The Hall–Kier alpha value is -2.60. The number of carboxylic acid groups (broad SMARTS) is 1. The molecule has 0 bridgehead atoms. The molecule has 1 aromatic rings. The number of rotatable bonds is 7. The molecule has 1 aromatic carbocycles. The van der Waals surface area contributed by atoms with Gasteiger partial charge in [-0.2, -0.15) is 0 Å². The topological polar surface area (TPSA) is 117 Å². The van der Waals surface area contributed by atoms with Crippen molar-refractivity contribution in [2.24, 2.45) is 5.11 Å². The fourth-order valence-electron chi connectivity index (χ4n) is 1.36. The predicted octanol–water partition coefficient (Wildman–Crippen LogP) is 2.15. The van der Waals surface area contributed by atoms with Crippen LogP contribution in [0.15, 0.2) is 23.3 Å². The first-order valence-electron chi connectivity index (χ1n) is 5.44. The Morgan fingerprint density at radius 1 is 1.53 bits per heavy atom. The van der Waals surface area contributed by atoms with Gasteiger partial charge in [0.2, 0.25) is 0 Å². The zero-order chi connectivity index (χ0) is 14.1. The van der Waals surface area contributed by atoms with E-state index >= 15 is 0 Å². The quantitative estimate of drug-likeness (QED) is 0.340. The van der Waals surface area contributed by atoms with Gasteiger partial charge >= 0.3 is 6.09 Å². The van der Waals surface area contributed by atoms with Gasteiger partial charge < -0.3 is 19.9 Å². The van der Waals surface area contributed by atoms with Crippen LogP contribution < -0.4 is 14.8 Å². The van der Waals surface area contributed by atoms with Crippen LogP contribution in [0.2, 0.25) is 0 Å². The third kappa shape index (κ3) is 5.05. The van der Waals surface area contributed by atoms with E-state index in [9.17, 15) is 4.79 Å². The minimum Gasteiger partial charge on any atom is -0.493 e. The van der Waals surface area contributed by atoms with Crippen LogP contribution in [0.3, 0.4) is 0 Å². The molecule has 19 heavy (non-hydrogen) atoms. The highest BCUT2D eigenvalue weighted by Gasteiger charge is 2.06. The lowest BCUT2D eigenvalue weighted by Crippen LogP contribution is -2.19. The van der Waals surface area contributed by atoms with Crippen molar-refractivity contribution in [2.75, 3.05) is 20.3 Å². The summed E-state index contributed by atoms with van der Waals surface area (Å²) in [6, 6.07) is 5.08.